The second kappa shape index (κ2) is 8.00. The third-order valence-electron chi connectivity index (χ3n) is 3.91. The Labute approximate surface area is 170 Å². The maximum Gasteiger partial charge on any atom is 0.240 e. The summed E-state index contributed by atoms with van der Waals surface area (Å²) in [5.74, 6) is -1.23. The van der Waals surface area contributed by atoms with Crippen molar-refractivity contribution in [3.8, 4) is 11.8 Å². The molecule has 0 aliphatic rings. The molecule has 3 aromatic rings. The Balaban J connectivity index is 1.91. The van der Waals surface area contributed by atoms with Crippen LogP contribution in [0.5, 0.6) is 0 Å². The minimum absolute atomic E-state index is 0.0236. The van der Waals surface area contributed by atoms with Crippen molar-refractivity contribution in [2.75, 3.05) is 5.32 Å². The number of nitrogens with zero attached hydrogens (tertiary/aromatic N) is 3. The van der Waals surface area contributed by atoms with Crippen molar-refractivity contribution in [2.24, 2.45) is 5.14 Å². The fraction of sp³-hybridized carbons (Fsp3) is 0.0556. The van der Waals surface area contributed by atoms with Crippen LogP contribution in [0.25, 0.3) is 5.69 Å². The third kappa shape index (κ3) is 4.60. The van der Waals surface area contributed by atoms with Crippen molar-refractivity contribution in [1.82, 2.24) is 9.78 Å². The summed E-state index contributed by atoms with van der Waals surface area (Å²) in [5, 5.41) is 20.7. The molecule has 3 rings (SSSR count). The van der Waals surface area contributed by atoms with Crippen molar-refractivity contribution in [3.63, 3.8) is 0 Å². The lowest BCUT2D eigenvalue weighted by Crippen LogP contribution is -2.18. The van der Waals surface area contributed by atoms with Gasteiger partial charge in [-0.2, -0.15) is 10.4 Å². The van der Waals surface area contributed by atoms with Gasteiger partial charge in [0.05, 0.1) is 23.9 Å². The zero-order valence-corrected chi connectivity index (χ0v) is 16.2. The number of benzene rings is 2. The molecule has 0 bridgehead atoms. The van der Waals surface area contributed by atoms with Crippen LogP contribution in [-0.4, -0.2) is 24.1 Å². The van der Waals surface area contributed by atoms with Crippen molar-refractivity contribution < 1.29 is 17.6 Å². The highest BCUT2D eigenvalue weighted by molar-refractivity contribution is 7.89. The van der Waals surface area contributed by atoms with Gasteiger partial charge >= 0.3 is 0 Å². The largest absolute Gasteiger partial charge is 0.326 e. The van der Waals surface area contributed by atoms with Crippen LogP contribution in [0.4, 0.5) is 10.1 Å². The normalized spacial score (nSPS) is 11.1. The monoisotopic (exact) mass is 433 g/mol. The number of nitrogens with two attached hydrogens (primary N) is 1. The molecule has 0 aliphatic carbocycles. The van der Waals surface area contributed by atoms with E-state index in [9.17, 15) is 17.6 Å². The summed E-state index contributed by atoms with van der Waals surface area (Å²) in [6.07, 6.45) is 2.26. The number of rotatable bonds is 5. The fourth-order valence-corrected chi connectivity index (χ4v) is 3.56. The van der Waals surface area contributed by atoms with Gasteiger partial charge in [0.2, 0.25) is 15.9 Å². The van der Waals surface area contributed by atoms with Crippen LogP contribution in [0.15, 0.2) is 53.7 Å². The van der Waals surface area contributed by atoms with E-state index in [1.165, 1.54) is 47.4 Å². The highest BCUT2D eigenvalue weighted by Gasteiger charge is 2.19. The predicted octanol–water partition coefficient (Wildman–Crippen LogP) is 2.37. The molecule has 8 nitrogen and oxygen atoms in total. The van der Waals surface area contributed by atoms with E-state index in [1.807, 2.05) is 6.07 Å². The molecular weight excluding hydrogens is 421 g/mol. The molecule has 11 heteroatoms. The summed E-state index contributed by atoms with van der Waals surface area (Å²) in [5.41, 5.74) is 0.479. The first kappa shape index (κ1) is 20.5. The van der Waals surface area contributed by atoms with Gasteiger partial charge in [0, 0.05) is 22.5 Å². The number of hydrogen-bond donors (Lipinski definition) is 2. The molecule has 1 aromatic heterocycles. The van der Waals surface area contributed by atoms with E-state index in [1.54, 1.807) is 0 Å². The average molecular weight is 434 g/mol. The lowest BCUT2D eigenvalue weighted by atomic mass is 10.1. The Morgan fingerprint density at radius 3 is 2.72 bits per heavy atom. The van der Waals surface area contributed by atoms with E-state index in [-0.39, 0.29) is 38.8 Å². The lowest BCUT2D eigenvalue weighted by molar-refractivity contribution is -0.115. The summed E-state index contributed by atoms with van der Waals surface area (Å²) in [6, 6.07) is 9.90. The maximum absolute atomic E-state index is 13.8. The number of nitriles is 1. The van der Waals surface area contributed by atoms with Gasteiger partial charge in [-0.3, -0.25) is 4.79 Å². The molecule has 1 heterocycles. The first-order valence-corrected chi connectivity index (χ1v) is 9.96. The molecular formula is C18H13ClFN5O3S. The molecule has 0 atom stereocenters. The van der Waals surface area contributed by atoms with Crippen molar-refractivity contribution >= 4 is 33.2 Å². The van der Waals surface area contributed by atoms with Gasteiger partial charge in [-0.1, -0.05) is 17.7 Å². The Morgan fingerprint density at radius 2 is 2.10 bits per heavy atom. The highest BCUT2D eigenvalue weighted by Crippen LogP contribution is 2.24. The second-order valence-corrected chi connectivity index (χ2v) is 7.88. The lowest BCUT2D eigenvalue weighted by Gasteiger charge is -2.12. The number of sulfonamides is 1. The molecule has 2 aromatic carbocycles. The number of hydrogen-bond acceptors (Lipinski definition) is 5. The molecule has 3 N–H and O–H groups in total. The van der Waals surface area contributed by atoms with Crippen molar-refractivity contribution in [2.45, 2.75) is 11.3 Å². The first-order valence-electron chi connectivity index (χ1n) is 8.04. The Bertz CT molecular complexity index is 1230. The van der Waals surface area contributed by atoms with Crippen LogP contribution < -0.4 is 10.5 Å². The number of carbonyl (C=O) groups excluding carboxylic acids is 1. The van der Waals surface area contributed by atoms with E-state index < -0.39 is 21.7 Å². The maximum atomic E-state index is 13.8. The zero-order chi connectivity index (χ0) is 21.2. The summed E-state index contributed by atoms with van der Waals surface area (Å²) >= 11 is 5.92. The molecule has 1 amide bonds. The van der Waals surface area contributed by atoms with E-state index in [0.29, 0.717) is 0 Å². The minimum Gasteiger partial charge on any atom is -0.326 e. The molecule has 0 unspecified atom stereocenters. The molecule has 0 spiro atoms. The fourth-order valence-electron chi connectivity index (χ4n) is 2.59. The molecule has 0 fully saturated rings. The smallest absolute Gasteiger partial charge is 0.240 e. The van der Waals surface area contributed by atoms with Crippen LogP contribution >= 0.6 is 11.6 Å². The van der Waals surface area contributed by atoms with Crippen molar-refractivity contribution in [1.29, 1.82) is 5.26 Å². The summed E-state index contributed by atoms with van der Waals surface area (Å²) in [7, 11) is -4.19. The summed E-state index contributed by atoms with van der Waals surface area (Å²) in [6.45, 7) is 0. The molecule has 29 heavy (non-hydrogen) atoms. The predicted molar refractivity (Wildman–Crippen MR) is 103 cm³/mol. The third-order valence-corrected chi connectivity index (χ3v) is 5.20. The Hall–Kier alpha value is -3.26. The van der Waals surface area contributed by atoms with Crippen LogP contribution in [-0.2, 0) is 21.2 Å². The number of aromatic nitrogens is 2. The highest BCUT2D eigenvalue weighted by atomic mass is 35.5. The zero-order valence-electron chi connectivity index (χ0n) is 14.6. The number of amides is 1. The van der Waals surface area contributed by atoms with Gasteiger partial charge in [0.1, 0.15) is 16.8 Å². The minimum atomic E-state index is -4.19. The summed E-state index contributed by atoms with van der Waals surface area (Å²) in [4.78, 5) is 12.0. The number of anilines is 1. The number of primary sulfonamides is 1. The molecule has 0 radical (unpaired) electrons. The van der Waals surface area contributed by atoms with Crippen LogP contribution in [0.2, 0.25) is 5.02 Å². The molecule has 148 valence electrons. The second-order valence-electron chi connectivity index (χ2n) is 5.94. The quantitative estimate of drug-likeness (QED) is 0.637. The topological polar surface area (TPSA) is 131 Å². The van der Waals surface area contributed by atoms with Gasteiger partial charge < -0.3 is 5.32 Å². The van der Waals surface area contributed by atoms with Gasteiger partial charge in [0.25, 0.3) is 0 Å². The number of carbonyl (C=O) groups is 1. The van der Waals surface area contributed by atoms with E-state index in [4.69, 9.17) is 22.0 Å². The molecule has 0 saturated heterocycles. The number of nitrogens with one attached hydrogen (secondary N) is 1. The standard InChI is InChI=1S/C18H13ClFN5O3S/c19-14-2-1-3-15(20)13(14)7-18(26)24-12-4-5-16(17(6-12)29(22,27)28)25-10-11(8-21)9-23-25/h1-6,9-10H,7H2,(H,24,26)(H2,22,27,28). The van der Waals surface area contributed by atoms with Crippen LogP contribution in [0.3, 0.4) is 0 Å². The van der Waals surface area contributed by atoms with E-state index >= 15 is 0 Å². The SMILES string of the molecule is N#Cc1cnn(-c2ccc(NC(=O)Cc3c(F)cccc3Cl)cc2S(N)(=O)=O)c1. The average Bonchev–Trinajstić information content (AvgIpc) is 3.13. The van der Waals surface area contributed by atoms with Gasteiger partial charge in [-0.15, -0.1) is 0 Å². The van der Waals surface area contributed by atoms with Crippen molar-refractivity contribution in [3.05, 3.63) is 70.8 Å². The van der Waals surface area contributed by atoms with Crippen LogP contribution in [0, 0.1) is 17.1 Å². The van der Waals surface area contributed by atoms with Gasteiger partial charge in [-0.25, -0.2) is 22.6 Å². The Morgan fingerprint density at radius 1 is 1.34 bits per heavy atom. The first-order chi connectivity index (χ1) is 13.7. The van der Waals surface area contributed by atoms with Gasteiger partial charge in [-0.05, 0) is 30.3 Å². The molecule has 0 saturated carbocycles. The van der Waals surface area contributed by atoms with E-state index in [0.717, 1.165) is 6.07 Å². The van der Waals surface area contributed by atoms with Gasteiger partial charge in [0.15, 0.2) is 0 Å². The summed E-state index contributed by atoms with van der Waals surface area (Å²) < 4.78 is 39.1. The molecule has 0 aliphatic heterocycles. The number of halogens is 2. The van der Waals surface area contributed by atoms with Crippen LogP contribution in [0.1, 0.15) is 11.1 Å². The van der Waals surface area contributed by atoms with E-state index in [2.05, 4.69) is 10.4 Å². The Kier molecular flexibility index (Phi) is 5.65.